The second-order valence-electron chi connectivity index (χ2n) is 4.82. The average molecular weight is 262 g/mol. The summed E-state index contributed by atoms with van der Waals surface area (Å²) in [5, 5.41) is 12.6. The summed E-state index contributed by atoms with van der Waals surface area (Å²) >= 11 is 1.76. The minimum atomic E-state index is 0.265. The molecule has 1 aliphatic heterocycles. The molecule has 0 aromatic carbocycles. The monoisotopic (exact) mass is 262 g/mol. The van der Waals surface area contributed by atoms with E-state index in [1.54, 1.807) is 11.3 Å². The highest BCUT2D eigenvalue weighted by Gasteiger charge is 2.24. The maximum Gasteiger partial charge on any atom is 0.137 e. The first-order valence-corrected chi connectivity index (χ1v) is 7.48. The molecule has 3 rings (SSSR count). The van der Waals surface area contributed by atoms with Crippen LogP contribution in [0.15, 0.2) is 23.7 Å². The molecule has 0 amide bonds. The van der Waals surface area contributed by atoms with E-state index in [1.807, 2.05) is 6.20 Å². The topological polar surface area (TPSA) is 36.4 Å². The lowest BCUT2D eigenvalue weighted by Crippen LogP contribution is -2.40. The van der Waals surface area contributed by atoms with Crippen LogP contribution in [0.3, 0.4) is 0 Å². The first-order chi connectivity index (χ1) is 8.90. The molecule has 0 spiro atoms. The molecule has 0 saturated carbocycles. The molecule has 0 bridgehead atoms. The average Bonchev–Trinajstić information content (AvgIpc) is 2.88. The van der Waals surface area contributed by atoms with Gasteiger partial charge in [0.2, 0.25) is 0 Å². The van der Waals surface area contributed by atoms with Crippen LogP contribution in [0.1, 0.15) is 25.7 Å². The zero-order valence-electron chi connectivity index (χ0n) is 10.4. The first kappa shape index (κ1) is 11.9. The summed E-state index contributed by atoms with van der Waals surface area (Å²) in [6, 6.07) is 4.68. The fraction of sp³-hybridized carbons (Fsp3) is 0.500. The van der Waals surface area contributed by atoms with Crippen molar-refractivity contribution in [1.29, 1.82) is 0 Å². The van der Waals surface area contributed by atoms with Crippen LogP contribution in [0, 0.1) is 0 Å². The van der Waals surface area contributed by atoms with Gasteiger partial charge in [-0.1, -0.05) is 0 Å². The summed E-state index contributed by atoms with van der Waals surface area (Å²) in [6.07, 6.45) is 6.41. The van der Waals surface area contributed by atoms with E-state index in [4.69, 9.17) is 0 Å². The SMILES string of the molecule is OCCC1CCCCN1c1nccc2sccc12. The van der Waals surface area contributed by atoms with Crippen molar-refractivity contribution in [2.24, 2.45) is 0 Å². The Balaban J connectivity index is 1.98. The van der Waals surface area contributed by atoms with E-state index in [2.05, 4.69) is 27.4 Å². The van der Waals surface area contributed by atoms with Crippen molar-refractivity contribution in [2.75, 3.05) is 18.1 Å². The molecule has 2 aromatic heterocycles. The molecular weight excluding hydrogens is 244 g/mol. The quantitative estimate of drug-likeness (QED) is 0.923. The van der Waals surface area contributed by atoms with Crippen molar-refractivity contribution in [3.63, 3.8) is 0 Å². The molecule has 1 atom stereocenters. The van der Waals surface area contributed by atoms with Crippen molar-refractivity contribution in [3.8, 4) is 0 Å². The van der Waals surface area contributed by atoms with Crippen LogP contribution in [0.4, 0.5) is 5.82 Å². The van der Waals surface area contributed by atoms with Crippen LogP contribution < -0.4 is 4.90 Å². The normalized spacial score (nSPS) is 20.5. The lowest BCUT2D eigenvalue weighted by molar-refractivity contribution is 0.262. The molecule has 4 heteroatoms. The van der Waals surface area contributed by atoms with Crippen LogP contribution in [0.5, 0.6) is 0 Å². The fourth-order valence-corrected chi connectivity index (χ4v) is 3.61. The van der Waals surface area contributed by atoms with Crippen LogP contribution >= 0.6 is 11.3 Å². The maximum atomic E-state index is 9.21. The van der Waals surface area contributed by atoms with Crippen molar-refractivity contribution < 1.29 is 5.11 Å². The van der Waals surface area contributed by atoms with Crippen LogP contribution in [0.2, 0.25) is 0 Å². The zero-order chi connectivity index (χ0) is 12.4. The van der Waals surface area contributed by atoms with Crippen LogP contribution in [-0.2, 0) is 0 Å². The third kappa shape index (κ3) is 2.10. The van der Waals surface area contributed by atoms with Gasteiger partial charge in [0, 0.05) is 35.5 Å². The number of hydrogen-bond acceptors (Lipinski definition) is 4. The summed E-state index contributed by atoms with van der Waals surface area (Å²) in [7, 11) is 0. The molecule has 1 fully saturated rings. The summed E-state index contributed by atoms with van der Waals surface area (Å²) < 4.78 is 1.30. The molecule has 0 aliphatic carbocycles. The van der Waals surface area contributed by atoms with Gasteiger partial charge in [-0.15, -0.1) is 11.3 Å². The number of aliphatic hydroxyl groups excluding tert-OH is 1. The van der Waals surface area contributed by atoms with Crippen molar-refractivity contribution in [2.45, 2.75) is 31.7 Å². The highest BCUT2D eigenvalue weighted by molar-refractivity contribution is 7.17. The maximum absolute atomic E-state index is 9.21. The van der Waals surface area contributed by atoms with E-state index in [0.717, 1.165) is 18.8 Å². The number of piperidine rings is 1. The summed E-state index contributed by atoms with van der Waals surface area (Å²) in [6.45, 7) is 1.33. The Labute approximate surface area is 111 Å². The highest BCUT2D eigenvalue weighted by Crippen LogP contribution is 2.32. The second kappa shape index (κ2) is 5.24. The van der Waals surface area contributed by atoms with Gasteiger partial charge in [-0.25, -0.2) is 4.98 Å². The Hall–Kier alpha value is -1.13. The number of nitrogens with zero attached hydrogens (tertiary/aromatic N) is 2. The standard InChI is InChI=1S/C14H18N2OS/c17-9-5-11-3-1-2-8-16(11)14-12-6-10-18-13(12)4-7-15-14/h4,6-7,10-11,17H,1-3,5,8-9H2. The summed E-state index contributed by atoms with van der Waals surface area (Å²) in [4.78, 5) is 6.98. The molecular formula is C14H18N2OS. The van der Waals surface area contributed by atoms with E-state index >= 15 is 0 Å². The lowest BCUT2D eigenvalue weighted by Gasteiger charge is -2.36. The minimum absolute atomic E-state index is 0.265. The fourth-order valence-electron chi connectivity index (χ4n) is 2.84. The van der Waals surface area contributed by atoms with Gasteiger partial charge < -0.3 is 10.0 Å². The Kier molecular flexibility index (Phi) is 3.48. The molecule has 1 unspecified atom stereocenters. The smallest absolute Gasteiger partial charge is 0.137 e. The molecule has 2 aromatic rings. The molecule has 1 N–H and O–H groups in total. The Morgan fingerprint density at radius 3 is 3.22 bits per heavy atom. The molecule has 96 valence electrons. The molecule has 0 radical (unpaired) electrons. The number of hydrogen-bond donors (Lipinski definition) is 1. The number of aromatic nitrogens is 1. The number of anilines is 1. The van der Waals surface area contributed by atoms with E-state index < -0.39 is 0 Å². The largest absolute Gasteiger partial charge is 0.396 e. The number of thiophene rings is 1. The summed E-state index contributed by atoms with van der Waals surface area (Å²) in [5.74, 6) is 1.10. The number of fused-ring (bicyclic) bond motifs is 1. The Morgan fingerprint density at radius 1 is 1.39 bits per heavy atom. The van der Waals surface area contributed by atoms with Gasteiger partial charge in [0.25, 0.3) is 0 Å². The van der Waals surface area contributed by atoms with Crippen LogP contribution in [0.25, 0.3) is 10.1 Å². The Morgan fingerprint density at radius 2 is 2.33 bits per heavy atom. The predicted octanol–water partition coefficient (Wildman–Crippen LogP) is 3.04. The molecule has 1 saturated heterocycles. The third-order valence-corrected chi connectivity index (χ3v) is 4.60. The van der Waals surface area contributed by atoms with E-state index in [0.29, 0.717) is 6.04 Å². The van der Waals surface area contributed by atoms with Gasteiger partial charge in [-0.05, 0) is 43.2 Å². The Bertz CT molecular complexity index is 523. The van der Waals surface area contributed by atoms with Gasteiger partial charge in [-0.2, -0.15) is 0 Å². The van der Waals surface area contributed by atoms with Crippen LogP contribution in [-0.4, -0.2) is 29.3 Å². The molecule has 1 aliphatic rings. The van der Waals surface area contributed by atoms with E-state index in [1.165, 1.54) is 29.3 Å². The first-order valence-electron chi connectivity index (χ1n) is 6.60. The highest BCUT2D eigenvalue weighted by atomic mass is 32.1. The number of rotatable bonds is 3. The lowest BCUT2D eigenvalue weighted by atomic mass is 9.99. The van der Waals surface area contributed by atoms with E-state index in [-0.39, 0.29) is 6.61 Å². The second-order valence-corrected chi connectivity index (χ2v) is 5.77. The molecule has 3 heterocycles. The zero-order valence-corrected chi connectivity index (χ0v) is 11.2. The van der Waals surface area contributed by atoms with Crippen molar-refractivity contribution >= 4 is 27.2 Å². The van der Waals surface area contributed by atoms with Gasteiger partial charge in [-0.3, -0.25) is 0 Å². The van der Waals surface area contributed by atoms with Gasteiger partial charge in [0.15, 0.2) is 0 Å². The predicted molar refractivity (Wildman–Crippen MR) is 76.3 cm³/mol. The number of aliphatic hydroxyl groups is 1. The van der Waals surface area contributed by atoms with Crippen molar-refractivity contribution in [1.82, 2.24) is 4.98 Å². The van der Waals surface area contributed by atoms with E-state index in [9.17, 15) is 5.11 Å². The third-order valence-electron chi connectivity index (χ3n) is 3.72. The van der Waals surface area contributed by atoms with Gasteiger partial charge in [0.1, 0.15) is 5.82 Å². The molecule has 18 heavy (non-hydrogen) atoms. The van der Waals surface area contributed by atoms with Gasteiger partial charge >= 0.3 is 0 Å². The summed E-state index contributed by atoms with van der Waals surface area (Å²) in [5.41, 5.74) is 0. The minimum Gasteiger partial charge on any atom is -0.396 e. The number of pyridine rings is 1. The van der Waals surface area contributed by atoms with Crippen molar-refractivity contribution in [3.05, 3.63) is 23.7 Å². The van der Waals surface area contributed by atoms with Gasteiger partial charge in [0.05, 0.1) is 0 Å². The molecule has 3 nitrogen and oxygen atoms in total.